The third-order valence-electron chi connectivity index (χ3n) is 2.81. The molecule has 2 rings (SSSR count). The van der Waals surface area contributed by atoms with Crippen LogP contribution in [-0.4, -0.2) is 5.96 Å². The Bertz CT molecular complexity index is 625. The molecule has 0 amide bonds. The zero-order valence-electron chi connectivity index (χ0n) is 10.1. The highest BCUT2D eigenvalue weighted by atomic mass is 15.1. The van der Waals surface area contributed by atoms with E-state index in [9.17, 15) is 0 Å². The summed E-state index contributed by atoms with van der Waals surface area (Å²) in [5, 5.41) is 13.8. The van der Waals surface area contributed by atoms with Crippen molar-refractivity contribution in [3.63, 3.8) is 0 Å². The zero-order valence-corrected chi connectivity index (χ0v) is 10.1. The number of aliphatic imine (C=N–C) groups is 1. The van der Waals surface area contributed by atoms with Crippen LogP contribution in [0.15, 0.2) is 47.5 Å². The Balaban J connectivity index is 2.26. The molecular formula is C14H14N4. The SMILES string of the molecule is C[C@@H](NC(N)=NC#N)c1ccc2ccccc2c1. The monoisotopic (exact) mass is 238 g/mol. The molecule has 0 saturated carbocycles. The van der Waals surface area contributed by atoms with Gasteiger partial charge in [0.25, 0.3) is 0 Å². The summed E-state index contributed by atoms with van der Waals surface area (Å²) in [6.07, 6.45) is 1.65. The number of hydrogen-bond acceptors (Lipinski definition) is 2. The second-order valence-corrected chi connectivity index (χ2v) is 4.07. The van der Waals surface area contributed by atoms with Gasteiger partial charge in [-0.3, -0.25) is 0 Å². The van der Waals surface area contributed by atoms with E-state index in [2.05, 4.69) is 34.6 Å². The molecule has 0 aliphatic heterocycles. The van der Waals surface area contributed by atoms with Crippen molar-refractivity contribution in [2.24, 2.45) is 10.7 Å². The van der Waals surface area contributed by atoms with Crippen molar-refractivity contribution in [1.29, 1.82) is 5.26 Å². The van der Waals surface area contributed by atoms with Crippen molar-refractivity contribution in [1.82, 2.24) is 5.32 Å². The molecule has 0 fully saturated rings. The average Bonchev–Trinajstić information content (AvgIpc) is 2.38. The summed E-state index contributed by atoms with van der Waals surface area (Å²) in [6.45, 7) is 1.98. The van der Waals surface area contributed by atoms with E-state index >= 15 is 0 Å². The highest BCUT2D eigenvalue weighted by Gasteiger charge is 2.06. The topological polar surface area (TPSA) is 74.2 Å². The summed E-state index contributed by atoms with van der Waals surface area (Å²) in [5.41, 5.74) is 6.65. The Labute approximate surface area is 106 Å². The standard InChI is InChI=1S/C14H14N4/c1-10(18-14(16)17-9-15)12-7-6-11-4-2-3-5-13(11)8-12/h2-8,10H,1H3,(H3,16,17,18)/t10-/m1/s1. The molecule has 0 heterocycles. The molecule has 0 saturated heterocycles. The van der Waals surface area contributed by atoms with E-state index in [-0.39, 0.29) is 12.0 Å². The van der Waals surface area contributed by atoms with Gasteiger partial charge in [-0.05, 0) is 29.3 Å². The van der Waals surface area contributed by atoms with E-state index in [1.165, 1.54) is 10.8 Å². The Morgan fingerprint density at radius 1 is 1.28 bits per heavy atom. The number of nitrogens with two attached hydrogens (primary N) is 1. The lowest BCUT2D eigenvalue weighted by Gasteiger charge is -2.14. The molecule has 0 spiro atoms. The summed E-state index contributed by atoms with van der Waals surface area (Å²) >= 11 is 0. The first-order valence-corrected chi connectivity index (χ1v) is 5.68. The van der Waals surface area contributed by atoms with Crippen LogP contribution in [0.4, 0.5) is 0 Å². The number of nitrogens with one attached hydrogen (secondary N) is 1. The molecule has 4 nitrogen and oxygen atoms in total. The van der Waals surface area contributed by atoms with Crippen LogP contribution in [-0.2, 0) is 0 Å². The summed E-state index contributed by atoms with van der Waals surface area (Å²) in [7, 11) is 0. The van der Waals surface area contributed by atoms with E-state index in [0.29, 0.717) is 0 Å². The smallest absolute Gasteiger partial charge is 0.209 e. The first-order valence-electron chi connectivity index (χ1n) is 5.68. The Kier molecular flexibility index (Phi) is 3.44. The largest absolute Gasteiger partial charge is 0.369 e. The first kappa shape index (κ1) is 11.9. The van der Waals surface area contributed by atoms with Gasteiger partial charge in [0.15, 0.2) is 0 Å². The molecule has 3 N–H and O–H groups in total. The number of guanidine groups is 1. The lowest BCUT2D eigenvalue weighted by atomic mass is 10.0. The molecule has 90 valence electrons. The van der Waals surface area contributed by atoms with Crippen molar-refractivity contribution >= 4 is 16.7 Å². The van der Waals surface area contributed by atoms with Crippen LogP contribution in [0.2, 0.25) is 0 Å². The molecule has 0 aromatic heterocycles. The van der Waals surface area contributed by atoms with Crippen LogP contribution in [0.5, 0.6) is 0 Å². The zero-order chi connectivity index (χ0) is 13.0. The van der Waals surface area contributed by atoms with Crippen molar-refractivity contribution < 1.29 is 0 Å². The number of hydrogen-bond donors (Lipinski definition) is 2. The lowest BCUT2D eigenvalue weighted by Crippen LogP contribution is -2.33. The van der Waals surface area contributed by atoms with E-state index < -0.39 is 0 Å². The van der Waals surface area contributed by atoms with E-state index in [1.54, 1.807) is 6.19 Å². The maximum atomic E-state index is 8.40. The van der Waals surface area contributed by atoms with Gasteiger partial charge < -0.3 is 11.1 Å². The molecule has 2 aromatic carbocycles. The Morgan fingerprint density at radius 3 is 2.72 bits per heavy atom. The van der Waals surface area contributed by atoms with Crippen LogP contribution in [0.1, 0.15) is 18.5 Å². The number of rotatable bonds is 2. The molecule has 1 atom stereocenters. The van der Waals surface area contributed by atoms with Gasteiger partial charge in [0.05, 0.1) is 6.04 Å². The second kappa shape index (κ2) is 5.19. The van der Waals surface area contributed by atoms with Crippen molar-refractivity contribution in [2.75, 3.05) is 0 Å². The molecule has 4 heteroatoms. The van der Waals surface area contributed by atoms with E-state index in [4.69, 9.17) is 11.0 Å². The molecule has 0 unspecified atom stereocenters. The van der Waals surface area contributed by atoms with Crippen LogP contribution in [0, 0.1) is 11.5 Å². The maximum absolute atomic E-state index is 8.40. The minimum atomic E-state index is 0.00621. The normalized spacial score (nSPS) is 13.0. The minimum absolute atomic E-state index is 0.00621. The van der Waals surface area contributed by atoms with Gasteiger partial charge in [-0.1, -0.05) is 36.4 Å². The van der Waals surface area contributed by atoms with Crippen molar-refractivity contribution in [2.45, 2.75) is 13.0 Å². The van der Waals surface area contributed by atoms with Crippen LogP contribution in [0.25, 0.3) is 10.8 Å². The Morgan fingerprint density at radius 2 is 2.00 bits per heavy atom. The quantitative estimate of drug-likeness (QED) is 0.479. The van der Waals surface area contributed by atoms with Gasteiger partial charge >= 0.3 is 0 Å². The van der Waals surface area contributed by atoms with Gasteiger partial charge in [0.2, 0.25) is 12.2 Å². The van der Waals surface area contributed by atoms with Gasteiger partial charge in [0.1, 0.15) is 0 Å². The molecule has 0 radical (unpaired) electrons. The highest BCUT2D eigenvalue weighted by Crippen LogP contribution is 2.19. The van der Waals surface area contributed by atoms with Crippen molar-refractivity contribution in [3.8, 4) is 6.19 Å². The average molecular weight is 238 g/mol. The number of benzene rings is 2. The van der Waals surface area contributed by atoms with Crippen LogP contribution < -0.4 is 11.1 Å². The van der Waals surface area contributed by atoms with Gasteiger partial charge in [-0.2, -0.15) is 5.26 Å². The summed E-state index contributed by atoms with van der Waals surface area (Å²) in [5.74, 6) is 0.137. The fourth-order valence-electron chi connectivity index (χ4n) is 1.87. The summed E-state index contributed by atoms with van der Waals surface area (Å²) in [4.78, 5) is 3.44. The fraction of sp³-hybridized carbons (Fsp3) is 0.143. The molecule has 0 aliphatic rings. The van der Waals surface area contributed by atoms with Gasteiger partial charge in [0, 0.05) is 0 Å². The van der Waals surface area contributed by atoms with Crippen LogP contribution >= 0.6 is 0 Å². The molecule has 0 bridgehead atoms. The number of nitrogens with zero attached hydrogens (tertiary/aromatic N) is 2. The van der Waals surface area contributed by atoms with Crippen LogP contribution in [0.3, 0.4) is 0 Å². The van der Waals surface area contributed by atoms with E-state index in [1.807, 2.05) is 25.1 Å². The summed E-state index contributed by atoms with van der Waals surface area (Å²) < 4.78 is 0. The summed E-state index contributed by atoms with van der Waals surface area (Å²) in [6, 6.07) is 14.4. The molecule has 18 heavy (non-hydrogen) atoms. The predicted octanol–water partition coefficient (Wildman–Crippen LogP) is 2.29. The predicted molar refractivity (Wildman–Crippen MR) is 72.7 cm³/mol. The van der Waals surface area contributed by atoms with E-state index in [0.717, 1.165) is 5.56 Å². The third-order valence-corrected chi connectivity index (χ3v) is 2.81. The number of fused-ring (bicyclic) bond motifs is 1. The van der Waals surface area contributed by atoms with Crippen molar-refractivity contribution in [3.05, 3.63) is 48.0 Å². The fourth-order valence-corrected chi connectivity index (χ4v) is 1.87. The maximum Gasteiger partial charge on any atom is 0.209 e. The molecule has 2 aromatic rings. The minimum Gasteiger partial charge on any atom is -0.369 e. The molecule has 0 aliphatic carbocycles. The first-order chi connectivity index (χ1) is 8.70. The third kappa shape index (κ3) is 2.58. The second-order valence-electron chi connectivity index (χ2n) is 4.07. The Hall–Kier alpha value is -2.54. The number of nitriles is 1. The lowest BCUT2D eigenvalue weighted by molar-refractivity contribution is 0.713. The highest BCUT2D eigenvalue weighted by molar-refractivity contribution is 5.83. The van der Waals surface area contributed by atoms with Gasteiger partial charge in [-0.25, -0.2) is 0 Å². The molecular weight excluding hydrogens is 224 g/mol. The van der Waals surface area contributed by atoms with Gasteiger partial charge in [-0.15, -0.1) is 4.99 Å².